The Bertz CT molecular complexity index is 433. The molecule has 3 heteroatoms. The molecule has 0 amide bonds. The molecule has 0 atom stereocenters. The van der Waals surface area contributed by atoms with Crippen molar-refractivity contribution < 1.29 is 14.3 Å². The molecule has 1 aromatic carbocycles. The van der Waals surface area contributed by atoms with Gasteiger partial charge in [-0.3, -0.25) is 9.59 Å². The summed E-state index contributed by atoms with van der Waals surface area (Å²) in [6.07, 6.45) is 0.238. The van der Waals surface area contributed by atoms with E-state index >= 15 is 0 Å². The highest BCUT2D eigenvalue weighted by atomic mass is 16.5. The van der Waals surface area contributed by atoms with Gasteiger partial charge in [0.25, 0.3) is 0 Å². The van der Waals surface area contributed by atoms with Crippen molar-refractivity contribution in [1.29, 1.82) is 0 Å². The summed E-state index contributed by atoms with van der Waals surface area (Å²) in [6.45, 7) is 5.73. The molecule has 1 rings (SSSR count). The zero-order valence-corrected chi connectivity index (χ0v) is 10.7. The molecule has 0 saturated heterocycles. The number of hydrogen-bond acceptors (Lipinski definition) is 3. The van der Waals surface area contributed by atoms with Crippen molar-refractivity contribution in [3.63, 3.8) is 0 Å². The summed E-state index contributed by atoms with van der Waals surface area (Å²) in [4.78, 5) is 23.1. The highest BCUT2D eigenvalue weighted by Gasteiger charge is 2.17. The van der Waals surface area contributed by atoms with Crippen LogP contribution in [0.4, 0.5) is 0 Å². The van der Waals surface area contributed by atoms with Crippen molar-refractivity contribution in [3.8, 4) is 5.75 Å². The summed E-state index contributed by atoms with van der Waals surface area (Å²) in [6, 6.07) is 5.13. The molecule has 0 aliphatic carbocycles. The summed E-state index contributed by atoms with van der Waals surface area (Å²) < 4.78 is 5.23. The molecule has 3 nitrogen and oxygen atoms in total. The van der Waals surface area contributed by atoms with Crippen LogP contribution in [-0.4, -0.2) is 18.7 Å². The van der Waals surface area contributed by atoms with Crippen LogP contribution in [0.1, 0.15) is 49.0 Å². The first-order valence-corrected chi connectivity index (χ1v) is 5.76. The zero-order chi connectivity index (χ0) is 13.0. The Balaban J connectivity index is 3.16. The largest absolute Gasteiger partial charge is 0.496 e. The molecule has 0 bridgehead atoms. The average molecular weight is 234 g/mol. The third-order valence-corrected chi connectivity index (χ3v) is 2.69. The topological polar surface area (TPSA) is 43.4 Å². The molecule has 0 heterocycles. The second-order valence-corrected chi connectivity index (χ2v) is 4.22. The molecule has 17 heavy (non-hydrogen) atoms. The number of carbonyl (C=O) groups excluding carboxylic acids is 2. The van der Waals surface area contributed by atoms with Crippen LogP contribution in [0.15, 0.2) is 18.2 Å². The number of carbonyl (C=O) groups is 2. The predicted octanol–water partition coefficient (Wildman–Crippen LogP) is 2.98. The van der Waals surface area contributed by atoms with Crippen LogP contribution in [0.3, 0.4) is 0 Å². The van der Waals surface area contributed by atoms with E-state index in [0.29, 0.717) is 5.56 Å². The van der Waals surface area contributed by atoms with E-state index in [1.165, 1.54) is 0 Å². The van der Waals surface area contributed by atoms with Gasteiger partial charge < -0.3 is 4.74 Å². The predicted molar refractivity (Wildman–Crippen MR) is 66.7 cm³/mol. The SMILES string of the molecule is CCC(=O)C(=O)c1ccc(OC)c(C(C)C)c1. The molecule has 1 aromatic rings. The molecule has 0 aromatic heterocycles. The lowest BCUT2D eigenvalue weighted by molar-refractivity contribution is -0.114. The first-order valence-electron chi connectivity index (χ1n) is 5.76. The Labute approximate surface area is 102 Å². The number of benzene rings is 1. The van der Waals surface area contributed by atoms with Crippen LogP contribution >= 0.6 is 0 Å². The second-order valence-electron chi connectivity index (χ2n) is 4.22. The Hall–Kier alpha value is -1.64. The van der Waals surface area contributed by atoms with E-state index in [1.54, 1.807) is 32.2 Å². The van der Waals surface area contributed by atoms with Crippen LogP contribution in [0.2, 0.25) is 0 Å². The van der Waals surface area contributed by atoms with Gasteiger partial charge in [-0.1, -0.05) is 20.8 Å². The highest BCUT2D eigenvalue weighted by molar-refractivity contribution is 6.43. The van der Waals surface area contributed by atoms with Crippen LogP contribution in [0, 0.1) is 0 Å². The van der Waals surface area contributed by atoms with E-state index in [9.17, 15) is 9.59 Å². The van der Waals surface area contributed by atoms with Gasteiger partial charge in [0.05, 0.1) is 7.11 Å². The molecule has 0 radical (unpaired) electrons. The molecule has 0 saturated carbocycles. The summed E-state index contributed by atoms with van der Waals surface area (Å²) in [5.41, 5.74) is 1.39. The molecular weight excluding hydrogens is 216 g/mol. The maximum absolute atomic E-state index is 11.8. The lowest BCUT2D eigenvalue weighted by Crippen LogP contribution is -2.13. The van der Waals surface area contributed by atoms with Gasteiger partial charge in [0.1, 0.15) is 5.75 Å². The molecule has 0 unspecified atom stereocenters. The summed E-state index contributed by atoms with van der Waals surface area (Å²) >= 11 is 0. The summed E-state index contributed by atoms with van der Waals surface area (Å²) in [5.74, 6) is 0.219. The van der Waals surface area contributed by atoms with E-state index in [2.05, 4.69) is 0 Å². The molecule has 0 spiro atoms. The van der Waals surface area contributed by atoms with E-state index in [0.717, 1.165) is 11.3 Å². The van der Waals surface area contributed by atoms with Crippen molar-refractivity contribution in [3.05, 3.63) is 29.3 Å². The van der Waals surface area contributed by atoms with Crippen molar-refractivity contribution >= 4 is 11.6 Å². The number of rotatable bonds is 5. The van der Waals surface area contributed by atoms with Crippen molar-refractivity contribution in [2.24, 2.45) is 0 Å². The van der Waals surface area contributed by atoms with Crippen LogP contribution in [-0.2, 0) is 4.79 Å². The average Bonchev–Trinajstić information content (AvgIpc) is 2.35. The van der Waals surface area contributed by atoms with Gasteiger partial charge >= 0.3 is 0 Å². The monoisotopic (exact) mass is 234 g/mol. The van der Waals surface area contributed by atoms with Crippen LogP contribution in [0.25, 0.3) is 0 Å². The van der Waals surface area contributed by atoms with Crippen molar-refractivity contribution in [1.82, 2.24) is 0 Å². The van der Waals surface area contributed by atoms with Crippen LogP contribution in [0.5, 0.6) is 5.75 Å². The fourth-order valence-corrected chi connectivity index (χ4v) is 1.65. The lowest BCUT2D eigenvalue weighted by Gasteiger charge is -2.12. The van der Waals surface area contributed by atoms with Gasteiger partial charge in [-0.15, -0.1) is 0 Å². The smallest absolute Gasteiger partial charge is 0.228 e. The van der Waals surface area contributed by atoms with E-state index in [-0.39, 0.29) is 18.1 Å². The second kappa shape index (κ2) is 5.62. The van der Waals surface area contributed by atoms with Crippen molar-refractivity contribution in [2.45, 2.75) is 33.1 Å². The third-order valence-electron chi connectivity index (χ3n) is 2.69. The minimum absolute atomic E-state index is 0.238. The zero-order valence-electron chi connectivity index (χ0n) is 10.7. The number of hydrogen-bond donors (Lipinski definition) is 0. The maximum atomic E-state index is 11.8. The molecule has 0 aliphatic rings. The number of ether oxygens (including phenoxy) is 1. The first-order chi connectivity index (χ1) is 8.01. The van der Waals surface area contributed by atoms with Gasteiger partial charge in [0, 0.05) is 12.0 Å². The Kier molecular flexibility index (Phi) is 4.44. The quantitative estimate of drug-likeness (QED) is 0.581. The van der Waals surface area contributed by atoms with Gasteiger partial charge in [0.15, 0.2) is 0 Å². The standard InChI is InChI=1S/C14H18O3/c1-5-12(15)14(16)10-6-7-13(17-4)11(8-10)9(2)3/h6-9H,5H2,1-4H3. The Morgan fingerprint density at radius 2 is 1.94 bits per heavy atom. The molecule has 0 N–H and O–H groups in total. The minimum Gasteiger partial charge on any atom is -0.496 e. The Morgan fingerprint density at radius 1 is 1.29 bits per heavy atom. The maximum Gasteiger partial charge on any atom is 0.228 e. The first kappa shape index (κ1) is 13.4. The van der Waals surface area contributed by atoms with Crippen LogP contribution < -0.4 is 4.74 Å². The number of methoxy groups -OCH3 is 1. The molecular formula is C14H18O3. The normalized spacial score (nSPS) is 10.4. The minimum atomic E-state index is -0.419. The van der Waals surface area contributed by atoms with Crippen molar-refractivity contribution in [2.75, 3.05) is 7.11 Å². The molecule has 0 aliphatic heterocycles. The highest BCUT2D eigenvalue weighted by Crippen LogP contribution is 2.27. The van der Waals surface area contributed by atoms with Gasteiger partial charge in [-0.2, -0.15) is 0 Å². The third kappa shape index (κ3) is 2.93. The fourth-order valence-electron chi connectivity index (χ4n) is 1.65. The summed E-state index contributed by atoms with van der Waals surface area (Å²) in [7, 11) is 1.60. The number of Topliss-reactive ketones (excluding diaryl/α,β-unsaturated/α-hetero) is 2. The van der Waals surface area contributed by atoms with E-state index < -0.39 is 5.78 Å². The number of ketones is 2. The molecule has 92 valence electrons. The summed E-state index contributed by atoms with van der Waals surface area (Å²) in [5, 5.41) is 0. The van der Waals surface area contributed by atoms with Gasteiger partial charge in [-0.25, -0.2) is 0 Å². The fraction of sp³-hybridized carbons (Fsp3) is 0.429. The van der Waals surface area contributed by atoms with Gasteiger partial charge in [-0.05, 0) is 29.7 Å². The van der Waals surface area contributed by atoms with E-state index in [1.807, 2.05) is 13.8 Å². The lowest BCUT2D eigenvalue weighted by atomic mass is 9.96. The molecule has 0 fully saturated rings. The van der Waals surface area contributed by atoms with E-state index in [4.69, 9.17) is 4.74 Å². The van der Waals surface area contributed by atoms with Gasteiger partial charge in [0.2, 0.25) is 11.6 Å². The Morgan fingerprint density at radius 3 is 2.41 bits per heavy atom.